The molecule has 2 N–H and O–H groups in total. The minimum atomic E-state index is -1.11. The van der Waals surface area contributed by atoms with Crippen LogP contribution >= 0.6 is 22.6 Å². The zero-order valence-electron chi connectivity index (χ0n) is 15.5. The topological polar surface area (TPSA) is 50.7 Å². The van der Waals surface area contributed by atoms with Crippen LogP contribution in [0.1, 0.15) is 18.1 Å². The molecule has 2 aromatic rings. The summed E-state index contributed by atoms with van der Waals surface area (Å²) in [5.41, 5.74) is 0.742. The van der Waals surface area contributed by atoms with Crippen LogP contribution in [0, 0.1) is 0 Å². The quantitative estimate of drug-likeness (QED) is 0.502. The number of rotatable bonds is 6. The number of ether oxygens (including phenoxy) is 2. The second-order valence-electron chi connectivity index (χ2n) is 6.07. The number of hydrogen-bond acceptors (Lipinski definition) is 4. The summed E-state index contributed by atoms with van der Waals surface area (Å²) in [5.74, 6) is 0.818. The molecule has 0 amide bonds. The summed E-state index contributed by atoms with van der Waals surface area (Å²) in [6.07, 6.45) is 0.142. The van der Waals surface area contributed by atoms with Gasteiger partial charge in [0.05, 0.1) is 13.2 Å². The Kier molecular flexibility index (Phi) is 8.84. The molecule has 0 radical (unpaired) electrons. The van der Waals surface area contributed by atoms with Crippen molar-refractivity contribution < 1.29 is 14.6 Å². The molecule has 0 unspecified atom stereocenters. The monoisotopic (exact) mass is 469 g/mol. The van der Waals surface area contributed by atoms with Gasteiger partial charge in [-0.1, -0.05) is 71.1 Å². The van der Waals surface area contributed by atoms with Crippen LogP contribution in [0.4, 0.5) is 0 Å². The molecule has 2 aromatic carbocycles. The Morgan fingerprint density at radius 1 is 1.15 bits per heavy atom. The van der Waals surface area contributed by atoms with E-state index >= 15 is 0 Å². The molecule has 2 atom stereocenters. The highest BCUT2D eigenvalue weighted by Gasteiger charge is 2.41. The van der Waals surface area contributed by atoms with Crippen LogP contribution in [-0.2, 0) is 16.8 Å². The summed E-state index contributed by atoms with van der Waals surface area (Å²) < 4.78 is 11.7. The lowest BCUT2D eigenvalue weighted by Gasteiger charge is -2.39. The first-order chi connectivity index (χ1) is 12.7. The number of aliphatic hydroxyl groups is 1. The largest absolute Gasteiger partial charge is 0.494 e. The van der Waals surface area contributed by atoms with Crippen molar-refractivity contribution in [3.63, 3.8) is 0 Å². The van der Waals surface area contributed by atoms with Gasteiger partial charge in [-0.15, -0.1) is 0 Å². The van der Waals surface area contributed by atoms with Gasteiger partial charge >= 0.3 is 0 Å². The van der Waals surface area contributed by atoms with E-state index in [1.165, 1.54) is 0 Å². The number of alkyl halides is 1. The minimum absolute atomic E-state index is 0.302. The van der Waals surface area contributed by atoms with Crippen molar-refractivity contribution in [1.29, 1.82) is 0 Å². The Hall–Kier alpha value is -1.15. The van der Waals surface area contributed by atoms with Crippen LogP contribution in [-0.4, -0.2) is 42.4 Å². The summed E-state index contributed by atoms with van der Waals surface area (Å²) in [4.78, 5) is 1.97. The van der Waals surface area contributed by atoms with E-state index in [0.717, 1.165) is 23.4 Å². The summed E-state index contributed by atoms with van der Waals surface area (Å²) in [7, 11) is 0. The summed E-state index contributed by atoms with van der Waals surface area (Å²) in [5, 5.41) is 15.0. The molecule has 0 aromatic heterocycles. The SMILES string of the molecule is CCOc1ccccc1C[C@@](O)(c1ccccc1)[C@H]1CNCCO1.CI. The van der Waals surface area contributed by atoms with E-state index in [2.05, 4.69) is 27.9 Å². The van der Waals surface area contributed by atoms with Gasteiger partial charge in [-0.3, -0.25) is 0 Å². The number of halogens is 1. The number of para-hydroxylation sites is 1. The van der Waals surface area contributed by atoms with Gasteiger partial charge in [0.15, 0.2) is 0 Å². The molecule has 4 nitrogen and oxygen atoms in total. The smallest absolute Gasteiger partial charge is 0.122 e. The van der Waals surface area contributed by atoms with E-state index < -0.39 is 5.60 Å². The highest BCUT2D eigenvalue weighted by atomic mass is 127. The number of hydrogen-bond donors (Lipinski definition) is 2. The molecule has 26 heavy (non-hydrogen) atoms. The fraction of sp³-hybridized carbons (Fsp3) is 0.429. The van der Waals surface area contributed by atoms with E-state index in [1.807, 2.05) is 66.5 Å². The third kappa shape index (κ3) is 5.19. The first-order valence-electron chi connectivity index (χ1n) is 8.93. The van der Waals surface area contributed by atoms with Crippen molar-refractivity contribution in [1.82, 2.24) is 5.32 Å². The molecule has 0 spiro atoms. The Morgan fingerprint density at radius 2 is 1.85 bits per heavy atom. The second kappa shape index (κ2) is 10.9. The maximum atomic E-state index is 11.6. The Bertz CT molecular complexity index is 647. The van der Waals surface area contributed by atoms with Crippen molar-refractivity contribution >= 4 is 22.6 Å². The first-order valence-corrected chi connectivity index (χ1v) is 11.1. The molecular formula is C21H28INO3. The van der Waals surface area contributed by atoms with Gasteiger partial charge < -0.3 is 19.9 Å². The molecule has 0 aliphatic carbocycles. The third-order valence-corrected chi connectivity index (χ3v) is 4.47. The molecule has 0 saturated carbocycles. The second-order valence-corrected chi connectivity index (χ2v) is 6.07. The Balaban J connectivity index is 0.00000117. The van der Waals surface area contributed by atoms with Gasteiger partial charge in [-0.2, -0.15) is 0 Å². The molecule has 1 aliphatic heterocycles. The van der Waals surface area contributed by atoms with Gasteiger partial charge in [0, 0.05) is 19.5 Å². The van der Waals surface area contributed by atoms with E-state index in [1.54, 1.807) is 0 Å². The van der Waals surface area contributed by atoms with Crippen LogP contribution in [0.5, 0.6) is 5.75 Å². The molecule has 1 fully saturated rings. The standard InChI is InChI=1S/C20H25NO3.CH3I/c1-2-23-18-11-7-6-8-16(18)14-20(22,17-9-4-3-5-10-17)19-15-21-12-13-24-19;1-2/h3-11,19,21-22H,2,12-15H2,1H3;1H3/t19-,20-;/m1./s1. The molecule has 5 heteroatoms. The zero-order chi connectivity index (χ0) is 18.8. The Morgan fingerprint density at radius 3 is 2.50 bits per heavy atom. The fourth-order valence-electron chi connectivity index (χ4n) is 3.24. The van der Waals surface area contributed by atoms with Crippen LogP contribution in [0.15, 0.2) is 54.6 Å². The summed E-state index contributed by atoms with van der Waals surface area (Å²) in [6, 6.07) is 17.7. The molecule has 1 heterocycles. The Labute approximate surface area is 170 Å². The fourth-order valence-corrected chi connectivity index (χ4v) is 3.24. The van der Waals surface area contributed by atoms with Crippen molar-refractivity contribution in [2.75, 3.05) is 31.2 Å². The van der Waals surface area contributed by atoms with Crippen LogP contribution in [0.3, 0.4) is 0 Å². The van der Waals surface area contributed by atoms with Crippen molar-refractivity contribution in [3.05, 3.63) is 65.7 Å². The lowest BCUT2D eigenvalue weighted by molar-refractivity contribution is -0.124. The van der Waals surface area contributed by atoms with Gasteiger partial charge in [0.25, 0.3) is 0 Å². The van der Waals surface area contributed by atoms with Gasteiger partial charge in [0.1, 0.15) is 17.5 Å². The van der Waals surface area contributed by atoms with E-state index in [4.69, 9.17) is 9.47 Å². The van der Waals surface area contributed by atoms with Gasteiger partial charge in [-0.05, 0) is 29.0 Å². The molecule has 142 valence electrons. The molecule has 1 saturated heterocycles. The lowest BCUT2D eigenvalue weighted by Crippen LogP contribution is -2.52. The molecule has 0 bridgehead atoms. The lowest BCUT2D eigenvalue weighted by atomic mass is 9.81. The van der Waals surface area contributed by atoms with Crippen LogP contribution in [0.2, 0.25) is 0 Å². The zero-order valence-corrected chi connectivity index (χ0v) is 17.6. The van der Waals surface area contributed by atoms with Crippen LogP contribution in [0.25, 0.3) is 0 Å². The summed E-state index contributed by atoms with van der Waals surface area (Å²) in [6.45, 7) is 4.61. The van der Waals surface area contributed by atoms with Crippen molar-refractivity contribution in [2.45, 2.75) is 25.0 Å². The van der Waals surface area contributed by atoms with Crippen LogP contribution < -0.4 is 10.1 Å². The van der Waals surface area contributed by atoms with Gasteiger partial charge in [-0.25, -0.2) is 0 Å². The highest BCUT2D eigenvalue weighted by molar-refractivity contribution is 14.1. The maximum absolute atomic E-state index is 11.6. The average molecular weight is 469 g/mol. The predicted molar refractivity (Wildman–Crippen MR) is 114 cm³/mol. The van der Waals surface area contributed by atoms with E-state index in [-0.39, 0.29) is 6.10 Å². The average Bonchev–Trinajstić information content (AvgIpc) is 2.72. The first kappa shape index (κ1) is 21.2. The number of nitrogens with one attached hydrogen (secondary N) is 1. The van der Waals surface area contributed by atoms with Crippen molar-refractivity contribution in [2.24, 2.45) is 0 Å². The normalized spacial score (nSPS) is 19.0. The predicted octanol–water partition coefficient (Wildman–Crippen LogP) is 3.56. The van der Waals surface area contributed by atoms with Gasteiger partial charge in [0.2, 0.25) is 0 Å². The van der Waals surface area contributed by atoms with E-state index in [0.29, 0.717) is 26.2 Å². The number of morpholine rings is 1. The minimum Gasteiger partial charge on any atom is -0.494 e. The molecule has 3 rings (SSSR count). The van der Waals surface area contributed by atoms with E-state index in [9.17, 15) is 5.11 Å². The number of benzene rings is 2. The highest BCUT2D eigenvalue weighted by Crippen LogP contribution is 2.34. The molecular weight excluding hydrogens is 441 g/mol. The molecule has 1 aliphatic rings. The summed E-state index contributed by atoms with van der Waals surface area (Å²) >= 11 is 2.15. The maximum Gasteiger partial charge on any atom is 0.122 e. The third-order valence-electron chi connectivity index (χ3n) is 4.47. The van der Waals surface area contributed by atoms with Crippen molar-refractivity contribution in [3.8, 4) is 5.75 Å².